The lowest BCUT2D eigenvalue weighted by Gasteiger charge is -2.28. The van der Waals surface area contributed by atoms with Crippen molar-refractivity contribution >= 4 is 0 Å². The molecule has 0 bridgehead atoms. The molecule has 0 fully saturated rings. The summed E-state index contributed by atoms with van der Waals surface area (Å²) in [5, 5.41) is 0. The first-order valence-corrected chi connectivity index (χ1v) is 9.26. The largest absolute Gasteiger partial charge is 0.493 e. The zero-order valence-corrected chi connectivity index (χ0v) is 16.2. The maximum absolute atomic E-state index is 6.32. The maximum atomic E-state index is 6.32. The van der Waals surface area contributed by atoms with Crippen molar-refractivity contribution in [1.82, 2.24) is 0 Å². The van der Waals surface area contributed by atoms with E-state index in [1.165, 1.54) is 0 Å². The van der Waals surface area contributed by atoms with Gasteiger partial charge in [-0.2, -0.15) is 0 Å². The first kappa shape index (κ1) is 21.0. The van der Waals surface area contributed by atoms with Crippen LogP contribution in [0.1, 0.15) is 52.2 Å². The minimum absolute atomic E-state index is 0.00209. The van der Waals surface area contributed by atoms with E-state index in [2.05, 4.69) is 26.0 Å². The SMILES string of the molecule is CC.CCCO[C@@H](CC)[C@@H](Oc1ccccc1OC)c1ccccc1. The van der Waals surface area contributed by atoms with Gasteiger partial charge in [0.1, 0.15) is 6.10 Å². The summed E-state index contributed by atoms with van der Waals surface area (Å²) in [5.74, 6) is 1.47. The van der Waals surface area contributed by atoms with Crippen LogP contribution in [-0.2, 0) is 4.74 Å². The van der Waals surface area contributed by atoms with Gasteiger partial charge in [0.15, 0.2) is 11.5 Å². The number of methoxy groups -OCH3 is 1. The Kier molecular flexibility index (Phi) is 10.4. The van der Waals surface area contributed by atoms with Crippen molar-refractivity contribution in [3.63, 3.8) is 0 Å². The molecule has 25 heavy (non-hydrogen) atoms. The number of para-hydroxylation sites is 2. The van der Waals surface area contributed by atoms with Gasteiger partial charge in [-0.15, -0.1) is 0 Å². The van der Waals surface area contributed by atoms with Gasteiger partial charge in [0.2, 0.25) is 0 Å². The molecule has 2 aromatic rings. The van der Waals surface area contributed by atoms with Crippen LogP contribution in [0.15, 0.2) is 54.6 Å². The van der Waals surface area contributed by atoms with Gasteiger partial charge in [-0.1, -0.05) is 70.2 Å². The molecule has 0 saturated carbocycles. The Labute approximate surface area is 152 Å². The Morgan fingerprint density at radius 2 is 1.44 bits per heavy atom. The molecule has 0 aliphatic heterocycles. The van der Waals surface area contributed by atoms with Crippen LogP contribution in [0.2, 0.25) is 0 Å². The lowest BCUT2D eigenvalue weighted by atomic mass is 10.0. The number of rotatable bonds is 9. The Balaban J connectivity index is 0.00000151. The highest BCUT2D eigenvalue weighted by atomic mass is 16.6. The van der Waals surface area contributed by atoms with Crippen LogP contribution in [0.5, 0.6) is 11.5 Å². The number of hydrogen-bond acceptors (Lipinski definition) is 3. The lowest BCUT2D eigenvalue weighted by Crippen LogP contribution is -2.27. The molecular weight excluding hydrogens is 312 g/mol. The Morgan fingerprint density at radius 1 is 0.840 bits per heavy atom. The Morgan fingerprint density at radius 3 is 2.00 bits per heavy atom. The van der Waals surface area contributed by atoms with E-state index >= 15 is 0 Å². The molecular formula is C22H32O3. The highest BCUT2D eigenvalue weighted by Crippen LogP contribution is 2.33. The van der Waals surface area contributed by atoms with Crippen molar-refractivity contribution in [2.75, 3.05) is 13.7 Å². The summed E-state index contributed by atoms with van der Waals surface area (Å²) in [6, 6.07) is 18.0. The molecule has 138 valence electrons. The second kappa shape index (κ2) is 12.4. The molecule has 2 rings (SSSR count). The van der Waals surface area contributed by atoms with E-state index in [9.17, 15) is 0 Å². The molecule has 0 unspecified atom stereocenters. The first-order chi connectivity index (χ1) is 12.3. The van der Waals surface area contributed by atoms with Crippen molar-refractivity contribution in [2.45, 2.75) is 52.7 Å². The van der Waals surface area contributed by atoms with Gasteiger partial charge < -0.3 is 14.2 Å². The van der Waals surface area contributed by atoms with E-state index in [1.54, 1.807) is 7.11 Å². The highest BCUT2D eigenvalue weighted by Gasteiger charge is 2.25. The predicted octanol–water partition coefficient (Wildman–Crippen LogP) is 6.05. The molecule has 3 heteroatoms. The van der Waals surface area contributed by atoms with Crippen molar-refractivity contribution in [3.8, 4) is 11.5 Å². The average molecular weight is 344 g/mol. The van der Waals surface area contributed by atoms with Crippen molar-refractivity contribution in [3.05, 3.63) is 60.2 Å². The molecule has 0 aromatic heterocycles. The molecule has 2 aromatic carbocycles. The first-order valence-electron chi connectivity index (χ1n) is 9.26. The van der Waals surface area contributed by atoms with Crippen molar-refractivity contribution in [1.29, 1.82) is 0 Å². The molecule has 0 aliphatic rings. The van der Waals surface area contributed by atoms with E-state index in [1.807, 2.05) is 56.3 Å². The number of hydrogen-bond donors (Lipinski definition) is 0. The normalized spacial score (nSPS) is 12.5. The summed E-state index contributed by atoms with van der Waals surface area (Å²) >= 11 is 0. The Hall–Kier alpha value is -2.00. The molecule has 0 spiro atoms. The van der Waals surface area contributed by atoms with Crippen molar-refractivity contribution < 1.29 is 14.2 Å². The molecule has 3 nitrogen and oxygen atoms in total. The smallest absolute Gasteiger partial charge is 0.162 e. The predicted molar refractivity (Wildman–Crippen MR) is 104 cm³/mol. The van der Waals surface area contributed by atoms with E-state index in [-0.39, 0.29) is 12.2 Å². The quantitative estimate of drug-likeness (QED) is 0.554. The standard InChI is InChI=1S/C20H26O3.C2H6/c1-4-15-22-17(5-2)20(16-11-7-6-8-12-16)23-19-14-10-9-13-18(19)21-3;1-2/h6-14,17,20H,4-5,15H2,1-3H3;1-2H3/t17-,20-;/m0./s1. The van der Waals surface area contributed by atoms with Gasteiger partial charge in [0.25, 0.3) is 0 Å². The van der Waals surface area contributed by atoms with Crippen LogP contribution in [0.3, 0.4) is 0 Å². The monoisotopic (exact) mass is 344 g/mol. The van der Waals surface area contributed by atoms with Crippen LogP contribution in [0, 0.1) is 0 Å². The second-order valence-electron chi connectivity index (χ2n) is 5.42. The fourth-order valence-corrected chi connectivity index (χ4v) is 2.54. The third-order valence-electron chi connectivity index (χ3n) is 3.73. The third kappa shape index (κ3) is 6.43. The van der Waals surface area contributed by atoms with E-state index in [0.29, 0.717) is 0 Å². The molecule has 0 aliphatic carbocycles. The molecule has 2 atom stereocenters. The molecule has 0 radical (unpaired) electrons. The topological polar surface area (TPSA) is 27.7 Å². The third-order valence-corrected chi connectivity index (χ3v) is 3.73. The summed E-state index contributed by atoms with van der Waals surface area (Å²) in [7, 11) is 1.66. The Bertz CT molecular complexity index is 568. The van der Waals surface area contributed by atoms with Crippen LogP contribution >= 0.6 is 0 Å². The van der Waals surface area contributed by atoms with Gasteiger partial charge in [-0.25, -0.2) is 0 Å². The van der Waals surface area contributed by atoms with Crippen LogP contribution < -0.4 is 9.47 Å². The van der Waals surface area contributed by atoms with Gasteiger partial charge in [-0.3, -0.25) is 0 Å². The van der Waals surface area contributed by atoms with Crippen molar-refractivity contribution in [2.24, 2.45) is 0 Å². The fourth-order valence-electron chi connectivity index (χ4n) is 2.54. The van der Waals surface area contributed by atoms with Crippen LogP contribution in [-0.4, -0.2) is 19.8 Å². The molecule has 0 saturated heterocycles. The second-order valence-corrected chi connectivity index (χ2v) is 5.42. The van der Waals surface area contributed by atoms with Gasteiger partial charge in [0.05, 0.1) is 13.2 Å². The van der Waals surface area contributed by atoms with E-state index in [4.69, 9.17) is 14.2 Å². The fraction of sp³-hybridized carbons (Fsp3) is 0.455. The van der Waals surface area contributed by atoms with Gasteiger partial charge in [0, 0.05) is 6.61 Å². The van der Waals surface area contributed by atoms with Gasteiger partial charge >= 0.3 is 0 Å². The number of ether oxygens (including phenoxy) is 3. The summed E-state index contributed by atoms with van der Waals surface area (Å²) in [4.78, 5) is 0. The van der Waals surface area contributed by atoms with Gasteiger partial charge in [-0.05, 0) is 30.5 Å². The van der Waals surface area contributed by atoms with Crippen LogP contribution in [0.4, 0.5) is 0 Å². The molecule has 0 amide bonds. The molecule has 0 N–H and O–H groups in total. The zero-order chi connectivity index (χ0) is 18.5. The average Bonchev–Trinajstić information content (AvgIpc) is 2.70. The maximum Gasteiger partial charge on any atom is 0.162 e. The molecule has 0 heterocycles. The highest BCUT2D eigenvalue weighted by molar-refractivity contribution is 5.40. The number of benzene rings is 2. The summed E-state index contributed by atoms with van der Waals surface area (Å²) in [6.07, 6.45) is 1.72. The summed E-state index contributed by atoms with van der Waals surface area (Å²) in [5.41, 5.74) is 1.11. The lowest BCUT2D eigenvalue weighted by molar-refractivity contribution is -0.0295. The van der Waals surface area contributed by atoms with E-state index in [0.717, 1.165) is 36.5 Å². The minimum Gasteiger partial charge on any atom is -0.493 e. The summed E-state index contributed by atoms with van der Waals surface area (Å²) < 4.78 is 17.8. The van der Waals surface area contributed by atoms with E-state index < -0.39 is 0 Å². The minimum atomic E-state index is -0.163. The summed E-state index contributed by atoms with van der Waals surface area (Å²) in [6.45, 7) is 8.98. The van der Waals surface area contributed by atoms with Crippen LogP contribution in [0.25, 0.3) is 0 Å². The zero-order valence-electron chi connectivity index (χ0n) is 16.2.